The molecular formula is C11H20N4O2. The number of amides is 1. The van der Waals surface area contributed by atoms with Gasteiger partial charge in [0, 0.05) is 25.7 Å². The molecule has 0 radical (unpaired) electrons. The molecular weight excluding hydrogens is 220 g/mol. The SMILES string of the molecule is CC(C)C(O)CNC(=O)CCCn1ccnn1. The number of aliphatic hydroxyl groups is 1. The third-order valence-electron chi connectivity index (χ3n) is 2.54. The lowest BCUT2D eigenvalue weighted by Crippen LogP contribution is -2.34. The van der Waals surface area contributed by atoms with Gasteiger partial charge < -0.3 is 10.4 Å². The molecule has 0 aliphatic rings. The first kappa shape index (κ1) is 13.6. The maximum atomic E-state index is 11.4. The Bertz CT molecular complexity index is 324. The van der Waals surface area contributed by atoms with Gasteiger partial charge in [0.2, 0.25) is 5.91 Å². The molecule has 1 rings (SSSR count). The first-order chi connectivity index (χ1) is 8.09. The van der Waals surface area contributed by atoms with Crippen molar-refractivity contribution in [3.63, 3.8) is 0 Å². The molecule has 0 aliphatic heterocycles. The van der Waals surface area contributed by atoms with Crippen molar-refractivity contribution in [2.75, 3.05) is 6.54 Å². The van der Waals surface area contributed by atoms with E-state index in [2.05, 4.69) is 15.6 Å². The molecule has 6 heteroatoms. The Balaban J connectivity index is 2.09. The zero-order chi connectivity index (χ0) is 12.7. The van der Waals surface area contributed by atoms with Crippen molar-refractivity contribution in [1.82, 2.24) is 20.3 Å². The number of nitrogens with zero attached hydrogens (tertiary/aromatic N) is 3. The Morgan fingerprint density at radius 3 is 2.88 bits per heavy atom. The molecule has 1 heterocycles. The van der Waals surface area contributed by atoms with Gasteiger partial charge in [0.1, 0.15) is 0 Å². The van der Waals surface area contributed by atoms with Crippen molar-refractivity contribution in [2.24, 2.45) is 5.92 Å². The van der Waals surface area contributed by atoms with Crippen LogP contribution < -0.4 is 5.32 Å². The highest BCUT2D eigenvalue weighted by molar-refractivity contribution is 5.75. The molecule has 0 saturated heterocycles. The van der Waals surface area contributed by atoms with Gasteiger partial charge in [-0.3, -0.25) is 9.48 Å². The van der Waals surface area contributed by atoms with Crippen molar-refractivity contribution >= 4 is 5.91 Å². The Morgan fingerprint density at radius 2 is 2.29 bits per heavy atom. The lowest BCUT2D eigenvalue weighted by Gasteiger charge is -2.14. The second kappa shape index (κ2) is 7.01. The molecule has 1 atom stereocenters. The number of aryl methyl sites for hydroxylation is 1. The van der Waals surface area contributed by atoms with Crippen LogP contribution in [0.2, 0.25) is 0 Å². The molecule has 0 bridgehead atoms. The predicted molar refractivity (Wildman–Crippen MR) is 63.1 cm³/mol. The van der Waals surface area contributed by atoms with Gasteiger partial charge in [-0.05, 0) is 12.3 Å². The quantitative estimate of drug-likeness (QED) is 0.713. The molecule has 0 aliphatic carbocycles. The second-order valence-corrected chi connectivity index (χ2v) is 4.39. The number of carbonyl (C=O) groups is 1. The maximum Gasteiger partial charge on any atom is 0.220 e. The summed E-state index contributed by atoms with van der Waals surface area (Å²) >= 11 is 0. The summed E-state index contributed by atoms with van der Waals surface area (Å²) in [6.07, 6.45) is 4.05. The fourth-order valence-electron chi connectivity index (χ4n) is 1.30. The standard InChI is InChI=1S/C11H20N4O2/c1-9(2)10(16)8-12-11(17)4-3-6-15-7-5-13-14-15/h5,7,9-10,16H,3-4,6,8H2,1-2H3,(H,12,17). The highest BCUT2D eigenvalue weighted by atomic mass is 16.3. The Hall–Kier alpha value is -1.43. The monoisotopic (exact) mass is 240 g/mol. The first-order valence-corrected chi connectivity index (χ1v) is 5.88. The third kappa shape index (κ3) is 5.44. The highest BCUT2D eigenvalue weighted by Crippen LogP contribution is 1.99. The van der Waals surface area contributed by atoms with Crippen molar-refractivity contribution < 1.29 is 9.90 Å². The van der Waals surface area contributed by atoms with Crippen molar-refractivity contribution in [2.45, 2.75) is 39.3 Å². The van der Waals surface area contributed by atoms with Crippen LogP contribution in [0.25, 0.3) is 0 Å². The Kier molecular flexibility index (Phi) is 5.62. The minimum absolute atomic E-state index is 0.0372. The number of carbonyl (C=O) groups excluding carboxylic acids is 1. The van der Waals surface area contributed by atoms with Crippen LogP contribution in [0.1, 0.15) is 26.7 Å². The van der Waals surface area contributed by atoms with E-state index in [0.717, 1.165) is 0 Å². The molecule has 17 heavy (non-hydrogen) atoms. The van der Waals surface area contributed by atoms with Crippen LogP contribution in [0.3, 0.4) is 0 Å². The van der Waals surface area contributed by atoms with Crippen LogP contribution in [0, 0.1) is 5.92 Å². The van der Waals surface area contributed by atoms with Crippen molar-refractivity contribution in [3.05, 3.63) is 12.4 Å². The fraction of sp³-hybridized carbons (Fsp3) is 0.727. The summed E-state index contributed by atoms with van der Waals surface area (Å²) < 4.78 is 1.69. The van der Waals surface area contributed by atoms with Crippen molar-refractivity contribution in [3.8, 4) is 0 Å². The van der Waals surface area contributed by atoms with E-state index < -0.39 is 6.10 Å². The summed E-state index contributed by atoms with van der Waals surface area (Å²) in [5.74, 6) is 0.121. The number of rotatable bonds is 7. The summed E-state index contributed by atoms with van der Waals surface area (Å²) in [6, 6.07) is 0. The molecule has 1 aromatic heterocycles. The number of aliphatic hydroxyl groups excluding tert-OH is 1. The summed E-state index contributed by atoms with van der Waals surface area (Å²) in [5, 5.41) is 19.7. The molecule has 0 fully saturated rings. The second-order valence-electron chi connectivity index (χ2n) is 4.39. The average Bonchev–Trinajstić information content (AvgIpc) is 2.78. The van der Waals surface area contributed by atoms with E-state index in [4.69, 9.17) is 0 Å². The smallest absolute Gasteiger partial charge is 0.220 e. The molecule has 2 N–H and O–H groups in total. The predicted octanol–water partition coefficient (Wildman–Crippen LogP) is 0.191. The largest absolute Gasteiger partial charge is 0.391 e. The van der Waals surface area contributed by atoms with E-state index in [1.807, 2.05) is 13.8 Å². The summed E-state index contributed by atoms with van der Waals surface area (Å²) in [7, 11) is 0. The lowest BCUT2D eigenvalue weighted by molar-refractivity contribution is -0.121. The summed E-state index contributed by atoms with van der Waals surface area (Å²) in [6.45, 7) is 4.84. The minimum Gasteiger partial charge on any atom is -0.391 e. The Labute approximate surface area is 101 Å². The molecule has 0 saturated carbocycles. The summed E-state index contributed by atoms with van der Waals surface area (Å²) in [4.78, 5) is 11.4. The number of hydrogen-bond acceptors (Lipinski definition) is 4. The average molecular weight is 240 g/mol. The number of aromatic nitrogens is 3. The Morgan fingerprint density at radius 1 is 1.53 bits per heavy atom. The normalized spacial score (nSPS) is 12.7. The molecule has 1 unspecified atom stereocenters. The van der Waals surface area contributed by atoms with Crippen LogP contribution >= 0.6 is 0 Å². The van der Waals surface area contributed by atoms with Crippen LogP contribution in [0.4, 0.5) is 0 Å². The summed E-state index contributed by atoms with van der Waals surface area (Å²) in [5.41, 5.74) is 0. The molecule has 96 valence electrons. The third-order valence-corrected chi connectivity index (χ3v) is 2.54. The van der Waals surface area contributed by atoms with Gasteiger partial charge in [-0.1, -0.05) is 19.1 Å². The van der Waals surface area contributed by atoms with Crippen LogP contribution in [0.5, 0.6) is 0 Å². The van der Waals surface area contributed by atoms with Crippen molar-refractivity contribution in [1.29, 1.82) is 0 Å². The van der Waals surface area contributed by atoms with E-state index in [9.17, 15) is 9.90 Å². The van der Waals surface area contributed by atoms with Gasteiger partial charge in [-0.15, -0.1) is 5.10 Å². The number of nitrogens with one attached hydrogen (secondary N) is 1. The molecule has 6 nitrogen and oxygen atoms in total. The van der Waals surface area contributed by atoms with E-state index in [-0.39, 0.29) is 11.8 Å². The zero-order valence-corrected chi connectivity index (χ0v) is 10.3. The molecule has 1 aromatic rings. The van der Waals surface area contributed by atoms with Crippen LogP contribution in [-0.4, -0.2) is 38.7 Å². The van der Waals surface area contributed by atoms with Gasteiger partial charge in [-0.2, -0.15) is 0 Å². The molecule has 0 aromatic carbocycles. The first-order valence-electron chi connectivity index (χ1n) is 5.88. The van der Waals surface area contributed by atoms with Crippen LogP contribution in [-0.2, 0) is 11.3 Å². The van der Waals surface area contributed by atoms with E-state index in [1.165, 1.54) is 0 Å². The molecule has 0 spiro atoms. The molecule has 1 amide bonds. The van der Waals surface area contributed by atoms with Gasteiger partial charge in [-0.25, -0.2) is 0 Å². The van der Waals surface area contributed by atoms with Gasteiger partial charge in [0.15, 0.2) is 0 Å². The van der Waals surface area contributed by atoms with Gasteiger partial charge in [0.25, 0.3) is 0 Å². The highest BCUT2D eigenvalue weighted by Gasteiger charge is 2.10. The topological polar surface area (TPSA) is 80.0 Å². The fourth-order valence-corrected chi connectivity index (χ4v) is 1.30. The van der Waals surface area contributed by atoms with E-state index >= 15 is 0 Å². The number of hydrogen-bond donors (Lipinski definition) is 2. The van der Waals surface area contributed by atoms with E-state index in [1.54, 1.807) is 17.1 Å². The maximum absolute atomic E-state index is 11.4. The van der Waals surface area contributed by atoms with Gasteiger partial charge >= 0.3 is 0 Å². The van der Waals surface area contributed by atoms with Crippen LogP contribution in [0.15, 0.2) is 12.4 Å². The zero-order valence-electron chi connectivity index (χ0n) is 10.3. The van der Waals surface area contributed by atoms with Gasteiger partial charge in [0.05, 0.1) is 12.3 Å². The van der Waals surface area contributed by atoms with E-state index in [0.29, 0.717) is 25.9 Å². The lowest BCUT2D eigenvalue weighted by atomic mass is 10.1. The minimum atomic E-state index is -0.478.